The molecular weight excluding hydrogens is 476 g/mol. The third-order valence-corrected chi connectivity index (χ3v) is 6.49. The Hall–Kier alpha value is -2.98. The van der Waals surface area contributed by atoms with Gasteiger partial charge in [0, 0.05) is 33.2 Å². The highest BCUT2D eigenvalue weighted by atomic mass is 16.7. The molecule has 0 spiro atoms. The average molecular weight is 513 g/mol. The number of alkyl carbamates (subject to hydrolysis) is 1. The van der Waals surface area contributed by atoms with E-state index in [1.807, 2.05) is 65.6 Å². The molecule has 2 saturated heterocycles. The fourth-order valence-electron chi connectivity index (χ4n) is 4.54. The summed E-state index contributed by atoms with van der Waals surface area (Å²) in [7, 11) is 1.55. The molecule has 2 fully saturated rings. The Balaban J connectivity index is 1.30. The summed E-state index contributed by atoms with van der Waals surface area (Å²) in [5.41, 5.74) is 2.04. The van der Waals surface area contributed by atoms with Crippen LogP contribution in [0.4, 0.5) is 4.79 Å². The van der Waals surface area contributed by atoms with E-state index in [0.29, 0.717) is 39.1 Å². The molecule has 4 atom stereocenters. The molecule has 2 aromatic rings. The first-order valence-corrected chi connectivity index (χ1v) is 12.8. The second-order valence-corrected chi connectivity index (χ2v) is 9.16. The van der Waals surface area contributed by atoms with Crippen molar-refractivity contribution in [3.05, 3.63) is 71.8 Å². The molecule has 0 aliphatic carbocycles. The smallest absolute Gasteiger partial charge is 0.407 e. The Labute approximate surface area is 218 Å². The molecule has 0 aromatic heterocycles. The lowest BCUT2D eigenvalue weighted by molar-refractivity contribution is -0.169. The SMILES string of the molecule is CO[C@H]1O[C@H](COC(=O)NCCCN2CCCC2=O)[C@@H](OCc2ccccc2)[C@@H]1OCc1ccccc1. The maximum atomic E-state index is 12.3. The van der Waals surface area contributed by atoms with E-state index in [2.05, 4.69) is 5.32 Å². The lowest BCUT2D eigenvalue weighted by atomic mass is 10.1. The zero-order chi connectivity index (χ0) is 25.9. The Kier molecular flexibility index (Phi) is 10.3. The summed E-state index contributed by atoms with van der Waals surface area (Å²) in [5.74, 6) is 0.180. The fraction of sp³-hybridized carbons (Fsp3) is 0.500. The van der Waals surface area contributed by atoms with Crippen LogP contribution in [-0.4, -0.2) is 74.9 Å². The van der Waals surface area contributed by atoms with E-state index >= 15 is 0 Å². The van der Waals surface area contributed by atoms with Crippen molar-refractivity contribution in [2.24, 2.45) is 0 Å². The van der Waals surface area contributed by atoms with Crippen LogP contribution < -0.4 is 5.32 Å². The number of likely N-dealkylation sites (tertiary alicyclic amines) is 1. The summed E-state index contributed by atoms with van der Waals surface area (Å²) in [6.45, 7) is 2.56. The molecule has 2 aromatic carbocycles. The van der Waals surface area contributed by atoms with E-state index in [1.165, 1.54) is 0 Å². The van der Waals surface area contributed by atoms with Gasteiger partial charge in [0.2, 0.25) is 5.91 Å². The highest BCUT2D eigenvalue weighted by Crippen LogP contribution is 2.29. The van der Waals surface area contributed by atoms with Crippen molar-refractivity contribution >= 4 is 12.0 Å². The maximum Gasteiger partial charge on any atom is 0.407 e. The van der Waals surface area contributed by atoms with Gasteiger partial charge in [-0.1, -0.05) is 60.7 Å². The van der Waals surface area contributed by atoms with Gasteiger partial charge in [-0.25, -0.2) is 4.79 Å². The molecule has 2 aliphatic rings. The Morgan fingerprint density at radius 3 is 2.24 bits per heavy atom. The topological polar surface area (TPSA) is 95.6 Å². The van der Waals surface area contributed by atoms with E-state index in [-0.39, 0.29) is 12.5 Å². The first-order chi connectivity index (χ1) is 18.1. The fourth-order valence-corrected chi connectivity index (χ4v) is 4.54. The molecule has 9 heteroatoms. The number of hydrogen-bond acceptors (Lipinski definition) is 7. The molecule has 0 saturated carbocycles. The number of methoxy groups -OCH3 is 1. The number of rotatable bonds is 13. The van der Waals surface area contributed by atoms with Crippen molar-refractivity contribution in [1.82, 2.24) is 10.2 Å². The second-order valence-electron chi connectivity index (χ2n) is 9.16. The quantitative estimate of drug-likeness (QED) is 0.412. The summed E-state index contributed by atoms with van der Waals surface area (Å²) >= 11 is 0. The number of benzene rings is 2. The average Bonchev–Trinajstić information content (AvgIpc) is 3.50. The summed E-state index contributed by atoms with van der Waals surface area (Å²) in [4.78, 5) is 25.8. The highest BCUT2D eigenvalue weighted by molar-refractivity contribution is 5.78. The first-order valence-electron chi connectivity index (χ1n) is 12.8. The van der Waals surface area contributed by atoms with Gasteiger partial charge in [0.25, 0.3) is 0 Å². The van der Waals surface area contributed by atoms with Gasteiger partial charge in [0.1, 0.15) is 24.9 Å². The van der Waals surface area contributed by atoms with Crippen molar-refractivity contribution in [3.63, 3.8) is 0 Å². The lowest BCUT2D eigenvalue weighted by Gasteiger charge is -2.24. The Bertz CT molecular complexity index is 975. The molecule has 0 radical (unpaired) electrons. The van der Waals surface area contributed by atoms with E-state index in [0.717, 1.165) is 24.1 Å². The van der Waals surface area contributed by atoms with Crippen LogP contribution in [0.5, 0.6) is 0 Å². The molecule has 200 valence electrons. The van der Waals surface area contributed by atoms with Gasteiger partial charge >= 0.3 is 6.09 Å². The van der Waals surface area contributed by atoms with Gasteiger partial charge < -0.3 is 33.9 Å². The van der Waals surface area contributed by atoms with Crippen LogP contribution in [0, 0.1) is 0 Å². The van der Waals surface area contributed by atoms with E-state index in [1.54, 1.807) is 7.11 Å². The zero-order valence-electron chi connectivity index (χ0n) is 21.3. The highest BCUT2D eigenvalue weighted by Gasteiger charge is 2.47. The third-order valence-electron chi connectivity index (χ3n) is 6.49. The monoisotopic (exact) mass is 512 g/mol. The lowest BCUT2D eigenvalue weighted by Crippen LogP contribution is -2.40. The number of amides is 2. The van der Waals surface area contributed by atoms with Gasteiger partial charge in [-0.15, -0.1) is 0 Å². The summed E-state index contributed by atoms with van der Waals surface area (Å²) in [6.07, 6.45) is -0.608. The summed E-state index contributed by atoms with van der Waals surface area (Å²) in [6, 6.07) is 19.7. The van der Waals surface area contributed by atoms with Crippen LogP contribution in [0.3, 0.4) is 0 Å². The standard InChI is InChI=1S/C28H36N2O7/c1-33-27-26(35-19-22-12-6-3-7-13-22)25(34-18-21-10-4-2-5-11-21)23(37-27)20-36-28(32)29-15-9-17-30-16-8-14-24(30)31/h2-7,10-13,23,25-27H,8-9,14-20H2,1H3,(H,29,32)/t23-,25-,26+,27+/m1/s1. The molecule has 1 N–H and O–H groups in total. The molecule has 2 aliphatic heterocycles. The first kappa shape index (κ1) is 27.1. The molecule has 0 unspecified atom stereocenters. The molecule has 0 bridgehead atoms. The minimum Gasteiger partial charge on any atom is -0.447 e. The number of ether oxygens (including phenoxy) is 5. The molecule has 9 nitrogen and oxygen atoms in total. The Morgan fingerprint density at radius 1 is 1.00 bits per heavy atom. The molecule has 4 rings (SSSR count). The van der Waals surface area contributed by atoms with E-state index in [4.69, 9.17) is 23.7 Å². The van der Waals surface area contributed by atoms with Crippen LogP contribution in [0.2, 0.25) is 0 Å². The molecule has 2 heterocycles. The van der Waals surface area contributed by atoms with Crippen molar-refractivity contribution in [2.75, 3.05) is 33.4 Å². The molecule has 2 amide bonds. The molecule has 37 heavy (non-hydrogen) atoms. The predicted molar refractivity (Wildman–Crippen MR) is 135 cm³/mol. The number of carbonyl (C=O) groups excluding carboxylic acids is 2. The number of nitrogens with zero attached hydrogens (tertiary/aromatic N) is 1. The van der Waals surface area contributed by atoms with Crippen molar-refractivity contribution in [1.29, 1.82) is 0 Å². The van der Waals surface area contributed by atoms with Crippen molar-refractivity contribution in [2.45, 2.75) is 57.1 Å². The third kappa shape index (κ3) is 8.00. The van der Waals surface area contributed by atoms with Crippen molar-refractivity contribution < 1.29 is 33.3 Å². The van der Waals surface area contributed by atoms with Crippen LogP contribution in [-0.2, 0) is 41.7 Å². The van der Waals surface area contributed by atoms with Crippen molar-refractivity contribution in [3.8, 4) is 0 Å². The van der Waals surface area contributed by atoms with Crippen LogP contribution in [0.15, 0.2) is 60.7 Å². The summed E-state index contributed by atoms with van der Waals surface area (Å²) in [5, 5.41) is 2.74. The second kappa shape index (κ2) is 14.1. The van der Waals surface area contributed by atoms with Gasteiger partial charge in [0.05, 0.1) is 13.2 Å². The van der Waals surface area contributed by atoms with Crippen LogP contribution >= 0.6 is 0 Å². The van der Waals surface area contributed by atoms with Gasteiger partial charge in [-0.2, -0.15) is 0 Å². The number of hydrogen-bond donors (Lipinski definition) is 1. The normalized spacial score (nSPS) is 23.4. The maximum absolute atomic E-state index is 12.3. The van der Waals surface area contributed by atoms with Gasteiger partial charge in [-0.05, 0) is 24.0 Å². The van der Waals surface area contributed by atoms with Crippen LogP contribution in [0.1, 0.15) is 30.4 Å². The number of nitrogens with one attached hydrogen (secondary N) is 1. The minimum atomic E-state index is -0.667. The Morgan fingerprint density at radius 2 is 1.65 bits per heavy atom. The number of carbonyl (C=O) groups is 2. The summed E-state index contributed by atoms with van der Waals surface area (Å²) < 4.78 is 29.5. The zero-order valence-corrected chi connectivity index (χ0v) is 21.3. The van der Waals surface area contributed by atoms with E-state index in [9.17, 15) is 9.59 Å². The minimum absolute atomic E-state index is 0.0129. The van der Waals surface area contributed by atoms with E-state index < -0.39 is 30.7 Å². The largest absolute Gasteiger partial charge is 0.447 e. The predicted octanol–water partition coefficient (Wildman–Crippen LogP) is 3.27. The van der Waals surface area contributed by atoms with Gasteiger partial charge in [0.15, 0.2) is 6.29 Å². The van der Waals surface area contributed by atoms with Crippen LogP contribution in [0.25, 0.3) is 0 Å². The van der Waals surface area contributed by atoms with Gasteiger partial charge in [-0.3, -0.25) is 4.79 Å². The molecular formula is C28H36N2O7.